The van der Waals surface area contributed by atoms with Crippen molar-refractivity contribution in [3.05, 3.63) is 44.2 Å². The first kappa shape index (κ1) is 20.8. The van der Waals surface area contributed by atoms with E-state index in [-0.39, 0.29) is 5.11 Å². The van der Waals surface area contributed by atoms with E-state index >= 15 is 0 Å². The van der Waals surface area contributed by atoms with Crippen LogP contribution in [0.25, 0.3) is 0 Å². The van der Waals surface area contributed by atoms with E-state index in [1.165, 1.54) is 18.4 Å². The van der Waals surface area contributed by atoms with Gasteiger partial charge in [0.1, 0.15) is 10.8 Å². The second-order valence-corrected chi connectivity index (χ2v) is 8.81. The second kappa shape index (κ2) is 9.02. The van der Waals surface area contributed by atoms with Crippen LogP contribution in [0.5, 0.6) is 5.75 Å². The minimum absolute atomic E-state index is 0.103. The molecule has 2 aromatic rings. The lowest BCUT2D eigenvalue weighted by molar-refractivity contribution is 0.0972. The summed E-state index contributed by atoms with van der Waals surface area (Å²) in [6.45, 7) is 0. The molecule has 148 valence electrons. The molecular formula is C19H20BrN3O3S2. The lowest BCUT2D eigenvalue weighted by Crippen LogP contribution is -2.34. The molecule has 28 heavy (non-hydrogen) atoms. The van der Waals surface area contributed by atoms with E-state index < -0.39 is 11.8 Å². The van der Waals surface area contributed by atoms with Crippen LogP contribution < -0.4 is 21.1 Å². The van der Waals surface area contributed by atoms with Gasteiger partial charge in [-0.1, -0.05) is 22.4 Å². The van der Waals surface area contributed by atoms with E-state index in [1.807, 2.05) is 0 Å². The number of carbonyl (C=O) groups is 2. The molecule has 4 N–H and O–H groups in total. The highest BCUT2D eigenvalue weighted by Crippen LogP contribution is 2.37. The Morgan fingerprint density at radius 3 is 2.71 bits per heavy atom. The average Bonchev–Trinajstić information content (AvgIpc) is 2.82. The maximum atomic E-state index is 12.6. The van der Waals surface area contributed by atoms with Crippen molar-refractivity contribution in [2.45, 2.75) is 32.1 Å². The lowest BCUT2D eigenvalue weighted by Gasteiger charge is -2.12. The molecule has 1 heterocycles. The molecule has 3 rings (SSSR count). The molecule has 0 atom stereocenters. The molecule has 1 aliphatic rings. The fraction of sp³-hybridized carbons (Fsp3) is 0.316. The Hall–Kier alpha value is -1.97. The number of hydrogen-bond acceptors (Lipinski definition) is 5. The largest absolute Gasteiger partial charge is 0.496 e. The van der Waals surface area contributed by atoms with Gasteiger partial charge >= 0.3 is 0 Å². The van der Waals surface area contributed by atoms with Gasteiger partial charge in [0.05, 0.1) is 18.2 Å². The standard InChI is InChI=1S/C19H20BrN3O3S2/c1-26-13-8-7-10(20)9-12(13)17(25)22-19(27)23-18-15(16(21)24)11-5-3-2-4-6-14(11)28-18/h7-9H,2-6H2,1H3,(H2,21,24)(H2,22,23,25,27). The van der Waals surface area contributed by atoms with E-state index in [0.29, 0.717) is 21.9 Å². The van der Waals surface area contributed by atoms with Crippen LogP contribution in [0.4, 0.5) is 5.00 Å². The van der Waals surface area contributed by atoms with Crippen LogP contribution >= 0.6 is 39.5 Å². The number of amides is 2. The first-order valence-corrected chi connectivity index (χ1v) is 10.8. The summed E-state index contributed by atoms with van der Waals surface area (Å²) in [5, 5.41) is 6.32. The molecule has 0 fully saturated rings. The van der Waals surface area contributed by atoms with E-state index in [2.05, 4.69) is 26.6 Å². The number of anilines is 1. The molecule has 1 aromatic heterocycles. The Kier molecular flexibility index (Phi) is 6.69. The quantitative estimate of drug-likeness (QED) is 0.452. The highest BCUT2D eigenvalue weighted by Gasteiger charge is 2.24. The predicted molar refractivity (Wildman–Crippen MR) is 118 cm³/mol. The fourth-order valence-corrected chi connectivity index (χ4v) is 5.17. The summed E-state index contributed by atoms with van der Waals surface area (Å²) in [4.78, 5) is 25.8. The summed E-state index contributed by atoms with van der Waals surface area (Å²) >= 11 is 10.1. The smallest absolute Gasteiger partial charge is 0.261 e. The van der Waals surface area contributed by atoms with Crippen LogP contribution in [0.1, 0.15) is 50.4 Å². The zero-order chi connectivity index (χ0) is 20.3. The third-order valence-corrected chi connectivity index (χ3v) is 6.43. The van der Waals surface area contributed by atoms with E-state index in [0.717, 1.165) is 47.0 Å². The topological polar surface area (TPSA) is 93.4 Å². The van der Waals surface area contributed by atoms with Crippen molar-refractivity contribution in [3.8, 4) is 5.75 Å². The van der Waals surface area contributed by atoms with Gasteiger partial charge in [0.2, 0.25) is 0 Å². The molecule has 0 unspecified atom stereocenters. The Bertz CT molecular complexity index is 943. The number of fused-ring (bicyclic) bond motifs is 1. The predicted octanol–water partition coefficient (Wildman–Crippen LogP) is 4.01. The first-order valence-electron chi connectivity index (χ1n) is 8.81. The molecule has 0 saturated carbocycles. The normalized spacial score (nSPS) is 13.2. The van der Waals surface area contributed by atoms with Gasteiger partial charge in [-0.3, -0.25) is 14.9 Å². The lowest BCUT2D eigenvalue weighted by atomic mass is 10.1. The maximum absolute atomic E-state index is 12.6. The number of thiocarbonyl (C=S) groups is 1. The van der Waals surface area contributed by atoms with Crippen molar-refractivity contribution in [3.63, 3.8) is 0 Å². The van der Waals surface area contributed by atoms with Gasteiger partial charge in [-0.15, -0.1) is 11.3 Å². The highest BCUT2D eigenvalue weighted by molar-refractivity contribution is 9.10. The van der Waals surface area contributed by atoms with Gasteiger partial charge in [-0.25, -0.2) is 0 Å². The monoisotopic (exact) mass is 481 g/mol. The summed E-state index contributed by atoms with van der Waals surface area (Å²) in [5.41, 5.74) is 7.48. The van der Waals surface area contributed by atoms with Gasteiger partial charge in [-0.2, -0.15) is 0 Å². The third kappa shape index (κ3) is 4.53. The summed E-state index contributed by atoms with van der Waals surface area (Å²) in [5.74, 6) is -0.455. The van der Waals surface area contributed by atoms with Crippen LogP contribution in [-0.4, -0.2) is 24.0 Å². The summed E-state index contributed by atoms with van der Waals surface area (Å²) < 4.78 is 5.98. The number of hydrogen-bond donors (Lipinski definition) is 3. The summed E-state index contributed by atoms with van der Waals surface area (Å²) in [6, 6.07) is 5.12. The Labute approximate surface area is 181 Å². The number of methoxy groups -OCH3 is 1. The van der Waals surface area contributed by atoms with Gasteiger partial charge in [0.25, 0.3) is 11.8 Å². The average molecular weight is 482 g/mol. The molecule has 0 aliphatic heterocycles. The third-order valence-electron chi connectivity index (χ3n) is 4.53. The Balaban J connectivity index is 1.79. The molecule has 1 aromatic carbocycles. The molecule has 2 amide bonds. The minimum Gasteiger partial charge on any atom is -0.496 e. The molecule has 0 spiro atoms. The Morgan fingerprint density at radius 2 is 2.00 bits per heavy atom. The van der Waals surface area contributed by atoms with Crippen molar-refractivity contribution >= 4 is 61.4 Å². The SMILES string of the molecule is COc1ccc(Br)cc1C(=O)NC(=S)Nc1sc2c(c1C(N)=O)CCCCC2. The molecule has 1 aliphatic carbocycles. The number of thiophene rings is 1. The first-order chi connectivity index (χ1) is 13.4. The molecule has 0 bridgehead atoms. The molecule has 9 heteroatoms. The molecule has 6 nitrogen and oxygen atoms in total. The number of nitrogens with two attached hydrogens (primary N) is 1. The van der Waals surface area contributed by atoms with Crippen molar-refractivity contribution in [1.29, 1.82) is 0 Å². The fourth-order valence-electron chi connectivity index (χ4n) is 3.25. The Morgan fingerprint density at radius 1 is 1.25 bits per heavy atom. The molecule has 0 saturated heterocycles. The van der Waals surface area contributed by atoms with Crippen molar-refractivity contribution in [2.24, 2.45) is 5.73 Å². The highest BCUT2D eigenvalue weighted by atomic mass is 79.9. The number of benzene rings is 1. The van der Waals surface area contributed by atoms with Crippen molar-refractivity contribution in [1.82, 2.24) is 5.32 Å². The minimum atomic E-state index is -0.482. The number of aryl methyl sites for hydroxylation is 1. The summed E-state index contributed by atoms with van der Waals surface area (Å²) in [6.07, 6.45) is 5.03. The number of halogens is 1. The number of rotatable bonds is 4. The van der Waals surface area contributed by atoms with Crippen LogP contribution in [0, 0.1) is 0 Å². The molecule has 0 radical (unpaired) electrons. The summed E-state index contributed by atoms with van der Waals surface area (Å²) in [7, 11) is 1.49. The van der Waals surface area contributed by atoms with E-state index in [1.54, 1.807) is 18.2 Å². The van der Waals surface area contributed by atoms with Crippen LogP contribution in [-0.2, 0) is 12.8 Å². The van der Waals surface area contributed by atoms with Gasteiger partial charge in [-0.05, 0) is 61.7 Å². The second-order valence-electron chi connectivity index (χ2n) is 6.39. The number of primary amides is 1. The van der Waals surface area contributed by atoms with E-state index in [4.69, 9.17) is 22.7 Å². The van der Waals surface area contributed by atoms with Crippen LogP contribution in [0.2, 0.25) is 0 Å². The van der Waals surface area contributed by atoms with Gasteiger partial charge < -0.3 is 15.8 Å². The van der Waals surface area contributed by atoms with Crippen LogP contribution in [0.15, 0.2) is 22.7 Å². The van der Waals surface area contributed by atoms with Gasteiger partial charge in [0, 0.05) is 9.35 Å². The van der Waals surface area contributed by atoms with Crippen LogP contribution in [0.3, 0.4) is 0 Å². The maximum Gasteiger partial charge on any atom is 0.261 e. The molecular weight excluding hydrogens is 462 g/mol. The van der Waals surface area contributed by atoms with E-state index in [9.17, 15) is 9.59 Å². The number of carbonyl (C=O) groups excluding carboxylic acids is 2. The van der Waals surface area contributed by atoms with Crippen molar-refractivity contribution < 1.29 is 14.3 Å². The van der Waals surface area contributed by atoms with Gasteiger partial charge in [0.15, 0.2) is 5.11 Å². The zero-order valence-corrected chi connectivity index (χ0v) is 18.5. The number of ether oxygens (including phenoxy) is 1. The van der Waals surface area contributed by atoms with Crippen molar-refractivity contribution in [2.75, 3.05) is 12.4 Å². The zero-order valence-electron chi connectivity index (χ0n) is 15.3. The number of nitrogens with one attached hydrogen (secondary N) is 2.